The Hall–Kier alpha value is -2.17. The number of amides is 2. The summed E-state index contributed by atoms with van der Waals surface area (Å²) in [7, 11) is -2.47. The standard InChI is InChI=1S/C15H22N4O5S/c1-11-4-5-12(14(20)24-2)10-13(11)17-15(21)18-6-3-7-19(9-8-18)25(16,22)23/h4-5,10H,3,6-9H2,1-2H3,(H,17,21)(H2,16,22,23). The number of benzene rings is 1. The molecule has 10 heteroatoms. The van der Waals surface area contributed by atoms with E-state index >= 15 is 0 Å². The Morgan fingerprint density at radius 2 is 1.92 bits per heavy atom. The van der Waals surface area contributed by atoms with Gasteiger partial charge >= 0.3 is 12.0 Å². The van der Waals surface area contributed by atoms with Gasteiger partial charge in [-0.05, 0) is 31.0 Å². The minimum atomic E-state index is -3.76. The van der Waals surface area contributed by atoms with Crippen LogP contribution in [-0.2, 0) is 14.9 Å². The number of methoxy groups -OCH3 is 1. The van der Waals surface area contributed by atoms with E-state index in [2.05, 4.69) is 10.1 Å². The maximum absolute atomic E-state index is 12.5. The van der Waals surface area contributed by atoms with E-state index in [1.54, 1.807) is 18.2 Å². The average molecular weight is 370 g/mol. The molecule has 1 aliphatic rings. The summed E-state index contributed by atoms with van der Waals surface area (Å²) in [6, 6.07) is 4.52. The van der Waals surface area contributed by atoms with Crippen molar-refractivity contribution in [1.82, 2.24) is 9.21 Å². The van der Waals surface area contributed by atoms with E-state index in [1.165, 1.54) is 12.0 Å². The fourth-order valence-corrected chi connectivity index (χ4v) is 3.27. The Morgan fingerprint density at radius 3 is 2.56 bits per heavy atom. The predicted octanol–water partition coefficient (Wildman–Crippen LogP) is 0.525. The number of aryl methyl sites for hydroxylation is 1. The second-order valence-electron chi connectivity index (χ2n) is 5.74. The van der Waals surface area contributed by atoms with Crippen molar-refractivity contribution in [3.8, 4) is 0 Å². The number of hydrogen-bond acceptors (Lipinski definition) is 5. The van der Waals surface area contributed by atoms with Crippen LogP contribution in [0, 0.1) is 6.92 Å². The molecule has 0 saturated carbocycles. The van der Waals surface area contributed by atoms with E-state index in [9.17, 15) is 18.0 Å². The zero-order valence-electron chi connectivity index (χ0n) is 14.2. The Morgan fingerprint density at radius 1 is 1.20 bits per heavy atom. The highest BCUT2D eigenvalue weighted by molar-refractivity contribution is 7.86. The summed E-state index contributed by atoms with van der Waals surface area (Å²) in [6.45, 7) is 2.88. The van der Waals surface area contributed by atoms with Crippen LogP contribution in [0.5, 0.6) is 0 Å². The summed E-state index contributed by atoms with van der Waals surface area (Å²) in [4.78, 5) is 25.6. The first-order valence-electron chi connectivity index (χ1n) is 7.75. The van der Waals surface area contributed by atoms with Crippen molar-refractivity contribution in [1.29, 1.82) is 0 Å². The molecule has 0 aliphatic carbocycles. The van der Waals surface area contributed by atoms with Gasteiger partial charge in [-0.25, -0.2) is 14.7 Å². The number of nitrogens with zero attached hydrogens (tertiary/aromatic N) is 2. The molecule has 25 heavy (non-hydrogen) atoms. The van der Waals surface area contributed by atoms with Gasteiger partial charge in [0.1, 0.15) is 0 Å². The molecule has 2 rings (SSSR count). The van der Waals surface area contributed by atoms with Gasteiger partial charge in [0.15, 0.2) is 0 Å². The fourth-order valence-electron chi connectivity index (χ4n) is 2.55. The summed E-state index contributed by atoms with van der Waals surface area (Å²) in [6.07, 6.45) is 0.491. The van der Waals surface area contributed by atoms with E-state index in [0.717, 1.165) is 9.87 Å². The number of hydrogen-bond donors (Lipinski definition) is 2. The van der Waals surface area contributed by atoms with E-state index in [1.807, 2.05) is 6.92 Å². The molecule has 138 valence electrons. The maximum Gasteiger partial charge on any atom is 0.337 e. The summed E-state index contributed by atoms with van der Waals surface area (Å²) < 4.78 is 28.7. The number of nitrogens with two attached hydrogens (primary N) is 1. The molecule has 1 aromatic rings. The van der Waals surface area contributed by atoms with Crippen LogP contribution >= 0.6 is 0 Å². The molecule has 1 fully saturated rings. The third kappa shape index (κ3) is 4.91. The molecule has 1 aliphatic heterocycles. The topological polar surface area (TPSA) is 122 Å². The van der Waals surface area contributed by atoms with Crippen molar-refractivity contribution in [2.45, 2.75) is 13.3 Å². The molecule has 0 aromatic heterocycles. The third-order valence-electron chi connectivity index (χ3n) is 4.00. The average Bonchev–Trinajstić information content (AvgIpc) is 2.82. The molecule has 1 saturated heterocycles. The molecule has 0 radical (unpaired) electrons. The number of rotatable bonds is 3. The lowest BCUT2D eigenvalue weighted by Crippen LogP contribution is -2.41. The first kappa shape index (κ1) is 19.2. The maximum atomic E-state index is 12.5. The predicted molar refractivity (Wildman–Crippen MR) is 92.4 cm³/mol. The lowest BCUT2D eigenvalue weighted by Gasteiger charge is -2.22. The molecule has 9 nitrogen and oxygen atoms in total. The van der Waals surface area contributed by atoms with Gasteiger partial charge in [0.2, 0.25) is 0 Å². The highest BCUT2D eigenvalue weighted by Gasteiger charge is 2.24. The number of esters is 1. The summed E-state index contributed by atoms with van der Waals surface area (Å²) in [5, 5.41) is 7.90. The number of carbonyl (C=O) groups excluding carboxylic acids is 2. The largest absolute Gasteiger partial charge is 0.465 e. The highest BCUT2D eigenvalue weighted by atomic mass is 32.2. The van der Waals surface area contributed by atoms with Crippen LogP contribution in [-0.4, -0.2) is 62.9 Å². The van der Waals surface area contributed by atoms with Gasteiger partial charge in [-0.3, -0.25) is 0 Å². The quantitative estimate of drug-likeness (QED) is 0.751. The normalized spacial score (nSPS) is 16.2. The van der Waals surface area contributed by atoms with Gasteiger partial charge in [0.25, 0.3) is 10.2 Å². The first-order chi connectivity index (χ1) is 11.7. The van der Waals surface area contributed by atoms with Crippen LogP contribution in [0.4, 0.5) is 10.5 Å². The summed E-state index contributed by atoms with van der Waals surface area (Å²) in [5.74, 6) is -0.492. The van der Waals surface area contributed by atoms with Crippen molar-refractivity contribution >= 4 is 27.9 Å². The van der Waals surface area contributed by atoms with Gasteiger partial charge in [-0.2, -0.15) is 12.7 Å². The third-order valence-corrected chi connectivity index (χ3v) is 5.09. The Balaban J connectivity index is 2.08. The van der Waals surface area contributed by atoms with Crippen LogP contribution < -0.4 is 10.5 Å². The minimum Gasteiger partial charge on any atom is -0.465 e. The Kier molecular flexibility index (Phi) is 5.98. The number of anilines is 1. The van der Waals surface area contributed by atoms with Gasteiger partial charge < -0.3 is 15.0 Å². The number of nitrogens with one attached hydrogen (secondary N) is 1. The van der Waals surface area contributed by atoms with E-state index in [0.29, 0.717) is 24.2 Å². The van der Waals surface area contributed by atoms with Crippen molar-refractivity contribution < 1.29 is 22.7 Å². The minimum absolute atomic E-state index is 0.146. The lowest BCUT2D eigenvalue weighted by atomic mass is 10.1. The number of urea groups is 1. The molecule has 0 bridgehead atoms. The highest BCUT2D eigenvalue weighted by Crippen LogP contribution is 2.18. The number of carbonyl (C=O) groups is 2. The van der Waals surface area contributed by atoms with Crippen LogP contribution in [0.3, 0.4) is 0 Å². The van der Waals surface area contributed by atoms with Crippen LogP contribution in [0.15, 0.2) is 18.2 Å². The van der Waals surface area contributed by atoms with E-state index in [-0.39, 0.29) is 25.7 Å². The zero-order valence-corrected chi connectivity index (χ0v) is 15.0. The molecule has 0 atom stereocenters. The molecule has 1 aromatic carbocycles. The molecular weight excluding hydrogens is 348 g/mol. The molecule has 0 spiro atoms. The second kappa shape index (κ2) is 7.81. The van der Waals surface area contributed by atoms with Crippen LogP contribution in [0.1, 0.15) is 22.3 Å². The lowest BCUT2D eigenvalue weighted by molar-refractivity contribution is 0.0600. The summed E-state index contributed by atoms with van der Waals surface area (Å²) >= 11 is 0. The van der Waals surface area contributed by atoms with Gasteiger partial charge in [-0.1, -0.05) is 6.07 Å². The molecule has 2 amide bonds. The first-order valence-corrected chi connectivity index (χ1v) is 9.25. The van der Waals surface area contributed by atoms with Gasteiger partial charge in [0, 0.05) is 31.9 Å². The van der Waals surface area contributed by atoms with Crippen molar-refractivity contribution in [3.63, 3.8) is 0 Å². The Bertz CT molecular complexity index is 765. The van der Waals surface area contributed by atoms with E-state index < -0.39 is 16.2 Å². The molecule has 1 heterocycles. The molecule has 3 N–H and O–H groups in total. The van der Waals surface area contributed by atoms with Gasteiger partial charge in [0.05, 0.1) is 12.7 Å². The molecule has 0 unspecified atom stereocenters. The smallest absolute Gasteiger partial charge is 0.337 e. The van der Waals surface area contributed by atoms with Crippen LogP contribution in [0.25, 0.3) is 0 Å². The fraction of sp³-hybridized carbons (Fsp3) is 0.467. The Labute approximate surface area is 146 Å². The van der Waals surface area contributed by atoms with Crippen molar-refractivity contribution in [3.05, 3.63) is 29.3 Å². The molecular formula is C15H22N4O5S. The SMILES string of the molecule is COC(=O)c1ccc(C)c(NC(=O)N2CCCN(S(N)(=O)=O)CC2)c1. The zero-order chi connectivity index (χ0) is 18.6. The van der Waals surface area contributed by atoms with Crippen molar-refractivity contribution in [2.75, 3.05) is 38.6 Å². The van der Waals surface area contributed by atoms with Crippen LogP contribution in [0.2, 0.25) is 0 Å². The number of ether oxygens (including phenoxy) is 1. The van der Waals surface area contributed by atoms with Crippen molar-refractivity contribution in [2.24, 2.45) is 5.14 Å². The second-order valence-corrected chi connectivity index (χ2v) is 7.28. The monoisotopic (exact) mass is 370 g/mol. The van der Waals surface area contributed by atoms with Gasteiger partial charge in [-0.15, -0.1) is 0 Å². The summed E-state index contributed by atoms with van der Waals surface area (Å²) in [5.41, 5.74) is 1.63. The van der Waals surface area contributed by atoms with E-state index in [4.69, 9.17) is 5.14 Å².